The van der Waals surface area contributed by atoms with Crippen LogP contribution in [0.2, 0.25) is 6.04 Å². The maximum atomic E-state index is 5.39. The predicted octanol–water partition coefficient (Wildman–Crippen LogP) is 2.26. The van der Waals surface area contributed by atoms with Gasteiger partial charge in [0, 0.05) is 27.4 Å². The van der Waals surface area contributed by atoms with Crippen LogP contribution in [0.15, 0.2) is 30.3 Å². The third-order valence-corrected chi connectivity index (χ3v) is 6.87. The SMILES string of the molecule is CO[Si](CCCPc1ccccc1)(OC)OC. The molecule has 1 aromatic carbocycles. The topological polar surface area (TPSA) is 27.7 Å². The predicted molar refractivity (Wildman–Crippen MR) is 75.5 cm³/mol. The molecule has 1 atom stereocenters. The molecule has 17 heavy (non-hydrogen) atoms. The Morgan fingerprint density at radius 2 is 1.59 bits per heavy atom. The first kappa shape index (κ1) is 14.8. The highest BCUT2D eigenvalue weighted by Gasteiger charge is 2.36. The number of benzene rings is 1. The smallest absolute Gasteiger partial charge is 0.377 e. The lowest BCUT2D eigenvalue weighted by atomic mass is 10.4. The van der Waals surface area contributed by atoms with Gasteiger partial charge in [-0.3, -0.25) is 0 Å². The third kappa shape index (κ3) is 4.86. The van der Waals surface area contributed by atoms with Gasteiger partial charge in [0.1, 0.15) is 0 Å². The Bertz CT molecular complexity index is 296. The van der Waals surface area contributed by atoms with Crippen molar-refractivity contribution in [1.29, 1.82) is 0 Å². The number of rotatable bonds is 8. The Hall–Kier alpha value is -0.253. The maximum Gasteiger partial charge on any atom is 0.500 e. The molecule has 0 saturated carbocycles. The molecule has 0 heterocycles. The summed E-state index contributed by atoms with van der Waals surface area (Å²) in [6.07, 6.45) is 2.24. The fraction of sp³-hybridized carbons (Fsp3) is 0.500. The van der Waals surface area contributed by atoms with Gasteiger partial charge in [0.05, 0.1) is 0 Å². The van der Waals surface area contributed by atoms with Crippen molar-refractivity contribution in [2.24, 2.45) is 0 Å². The summed E-state index contributed by atoms with van der Waals surface area (Å²) in [5.74, 6) is 0. The lowest BCUT2D eigenvalue weighted by Gasteiger charge is -2.24. The summed E-state index contributed by atoms with van der Waals surface area (Å²) in [5.41, 5.74) is 0. The zero-order valence-corrected chi connectivity index (χ0v) is 12.7. The van der Waals surface area contributed by atoms with Gasteiger partial charge in [0.15, 0.2) is 0 Å². The molecule has 1 aromatic rings. The van der Waals surface area contributed by atoms with E-state index in [1.165, 1.54) is 5.30 Å². The highest BCUT2D eigenvalue weighted by atomic mass is 31.1. The van der Waals surface area contributed by atoms with E-state index in [0.717, 1.165) is 27.2 Å². The van der Waals surface area contributed by atoms with E-state index in [4.69, 9.17) is 13.3 Å². The minimum atomic E-state index is -2.35. The van der Waals surface area contributed by atoms with E-state index in [2.05, 4.69) is 24.3 Å². The lowest BCUT2D eigenvalue weighted by Crippen LogP contribution is -2.42. The van der Waals surface area contributed by atoms with Crippen molar-refractivity contribution in [2.45, 2.75) is 12.5 Å². The molecule has 1 rings (SSSR count). The molecule has 0 fully saturated rings. The molecular formula is C12H21O3PSi. The van der Waals surface area contributed by atoms with Gasteiger partial charge < -0.3 is 13.3 Å². The molecule has 96 valence electrons. The second-order valence-electron chi connectivity index (χ2n) is 3.69. The van der Waals surface area contributed by atoms with Gasteiger partial charge in [0.2, 0.25) is 0 Å². The van der Waals surface area contributed by atoms with Crippen LogP contribution in [0.1, 0.15) is 6.42 Å². The van der Waals surface area contributed by atoms with E-state index >= 15 is 0 Å². The summed E-state index contributed by atoms with van der Waals surface area (Å²) in [7, 11) is 3.50. The highest BCUT2D eigenvalue weighted by molar-refractivity contribution is 7.47. The largest absolute Gasteiger partial charge is 0.500 e. The monoisotopic (exact) mass is 272 g/mol. The van der Waals surface area contributed by atoms with E-state index in [9.17, 15) is 0 Å². The molecule has 0 saturated heterocycles. The van der Waals surface area contributed by atoms with E-state index in [1.54, 1.807) is 21.3 Å². The molecule has 0 aromatic heterocycles. The fourth-order valence-electron chi connectivity index (χ4n) is 1.65. The summed E-state index contributed by atoms with van der Waals surface area (Å²) in [4.78, 5) is 0. The second-order valence-corrected chi connectivity index (χ2v) is 8.21. The van der Waals surface area contributed by atoms with E-state index in [0.29, 0.717) is 0 Å². The van der Waals surface area contributed by atoms with Crippen LogP contribution in [0, 0.1) is 0 Å². The van der Waals surface area contributed by atoms with Gasteiger partial charge >= 0.3 is 8.80 Å². The van der Waals surface area contributed by atoms with Crippen molar-refractivity contribution in [3.05, 3.63) is 30.3 Å². The van der Waals surface area contributed by atoms with E-state index in [-0.39, 0.29) is 0 Å². The first-order chi connectivity index (χ1) is 8.26. The van der Waals surface area contributed by atoms with Crippen molar-refractivity contribution in [3.63, 3.8) is 0 Å². The maximum absolute atomic E-state index is 5.39. The van der Waals surface area contributed by atoms with Crippen molar-refractivity contribution < 1.29 is 13.3 Å². The van der Waals surface area contributed by atoms with Crippen LogP contribution >= 0.6 is 8.58 Å². The summed E-state index contributed by atoms with van der Waals surface area (Å²) in [6.45, 7) is 0. The zero-order chi connectivity index (χ0) is 12.6. The molecule has 0 aliphatic carbocycles. The molecule has 3 nitrogen and oxygen atoms in total. The molecule has 0 spiro atoms. The molecule has 0 N–H and O–H groups in total. The van der Waals surface area contributed by atoms with Crippen LogP contribution in [0.4, 0.5) is 0 Å². The van der Waals surface area contributed by atoms with Crippen LogP contribution in [0.3, 0.4) is 0 Å². The first-order valence-corrected chi connectivity index (χ1v) is 8.84. The molecule has 1 unspecified atom stereocenters. The van der Waals surface area contributed by atoms with Gasteiger partial charge in [-0.1, -0.05) is 38.9 Å². The van der Waals surface area contributed by atoms with Crippen molar-refractivity contribution >= 4 is 22.7 Å². The van der Waals surface area contributed by atoms with Crippen LogP contribution in [-0.2, 0) is 13.3 Å². The Morgan fingerprint density at radius 3 is 2.12 bits per heavy atom. The van der Waals surface area contributed by atoms with Crippen LogP contribution in [-0.4, -0.2) is 36.3 Å². The van der Waals surface area contributed by atoms with Crippen molar-refractivity contribution in [3.8, 4) is 0 Å². The molecule has 5 heteroatoms. The molecule has 0 amide bonds. The number of hydrogen-bond donors (Lipinski definition) is 0. The quantitative estimate of drug-likeness (QED) is 0.413. The van der Waals surface area contributed by atoms with Gasteiger partial charge in [0.25, 0.3) is 0 Å². The molecule has 0 aliphatic heterocycles. The van der Waals surface area contributed by atoms with E-state index < -0.39 is 8.80 Å². The molecule has 0 aliphatic rings. The highest BCUT2D eigenvalue weighted by Crippen LogP contribution is 2.19. The average molecular weight is 272 g/mol. The molecule has 0 radical (unpaired) electrons. The van der Waals surface area contributed by atoms with Crippen LogP contribution in [0.25, 0.3) is 0 Å². The standard InChI is InChI=1S/C12H21O3PSi/c1-13-17(14-2,15-3)11-7-10-16-12-8-5-4-6-9-12/h4-6,8-9,16H,7,10-11H2,1-3H3. The Balaban J connectivity index is 2.28. The first-order valence-electron chi connectivity index (χ1n) is 5.70. The number of hydrogen-bond acceptors (Lipinski definition) is 3. The van der Waals surface area contributed by atoms with Gasteiger partial charge in [-0.25, -0.2) is 0 Å². The average Bonchev–Trinajstić information content (AvgIpc) is 2.41. The van der Waals surface area contributed by atoms with Crippen LogP contribution in [0.5, 0.6) is 0 Å². The van der Waals surface area contributed by atoms with Gasteiger partial charge in [-0.05, 0) is 17.9 Å². The fourth-order valence-corrected chi connectivity index (χ4v) is 4.80. The Morgan fingerprint density at radius 1 is 1.00 bits per heavy atom. The van der Waals surface area contributed by atoms with Gasteiger partial charge in [-0.2, -0.15) is 0 Å². The second kappa shape index (κ2) is 7.96. The van der Waals surface area contributed by atoms with Gasteiger partial charge in [-0.15, -0.1) is 0 Å². The minimum Gasteiger partial charge on any atom is -0.377 e. The minimum absolute atomic E-state index is 0.850. The molecule has 0 bridgehead atoms. The molecular weight excluding hydrogens is 251 g/mol. The summed E-state index contributed by atoms with van der Waals surface area (Å²) in [5, 5.41) is 1.41. The zero-order valence-electron chi connectivity index (χ0n) is 10.7. The van der Waals surface area contributed by atoms with Crippen LogP contribution < -0.4 is 5.30 Å². The third-order valence-electron chi connectivity index (χ3n) is 2.70. The van der Waals surface area contributed by atoms with E-state index in [1.807, 2.05) is 6.07 Å². The van der Waals surface area contributed by atoms with Crippen molar-refractivity contribution in [1.82, 2.24) is 0 Å². The van der Waals surface area contributed by atoms with Crippen molar-refractivity contribution in [2.75, 3.05) is 27.5 Å². The normalized spacial score (nSPS) is 12.4. The summed E-state index contributed by atoms with van der Waals surface area (Å²) in [6, 6.07) is 11.4. The summed E-state index contributed by atoms with van der Waals surface area (Å²) < 4.78 is 16.2. The lowest BCUT2D eigenvalue weighted by molar-refractivity contribution is 0.123. The summed E-state index contributed by atoms with van der Waals surface area (Å²) >= 11 is 0. The Labute approximate surface area is 107 Å². The Kier molecular flexibility index (Phi) is 6.93.